The first-order valence-corrected chi connectivity index (χ1v) is 16.8. The van der Waals surface area contributed by atoms with E-state index >= 15 is 0 Å². The molecule has 0 bridgehead atoms. The standard InChI is InChI=1S/2C17H16N2O2S2/c1-4-14-10(2)15(17(23-14)18-9-22)16(21)12-5-7-13(8-6-12)19-11(3)20;1-3-4-13-9-23-17(18-10-22)15(13)16(21)12-5-7-14(8-6-12)19-11(2)20/h5-8H,4H2,1-3H3,(H,19,20);5-9H,3-4H2,1-2H3,(H,19,20). The van der Waals surface area contributed by atoms with Crippen LogP contribution < -0.4 is 10.6 Å². The molecule has 8 nitrogen and oxygen atoms in total. The van der Waals surface area contributed by atoms with Crippen molar-refractivity contribution in [2.75, 3.05) is 10.6 Å². The van der Waals surface area contributed by atoms with Crippen LogP contribution in [0.25, 0.3) is 0 Å². The Bertz CT molecular complexity index is 1840. The Balaban J connectivity index is 0.000000250. The third-order valence-corrected chi connectivity index (χ3v) is 9.03. The summed E-state index contributed by atoms with van der Waals surface area (Å²) in [5.41, 5.74) is 5.51. The molecule has 12 heteroatoms. The number of ketones is 2. The van der Waals surface area contributed by atoms with Crippen LogP contribution in [0, 0.1) is 6.92 Å². The quantitative estimate of drug-likeness (QED) is 0.0922. The van der Waals surface area contributed by atoms with Crippen molar-refractivity contribution in [1.29, 1.82) is 0 Å². The van der Waals surface area contributed by atoms with E-state index < -0.39 is 0 Å². The van der Waals surface area contributed by atoms with Crippen LogP contribution in [0.4, 0.5) is 21.4 Å². The summed E-state index contributed by atoms with van der Waals surface area (Å²) in [6.07, 6.45) is 2.60. The number of hydrogen-bond acceptors (Lipinski definition) is 10. The predicted octanol–water partition coefficient (Wildman–Crippen LogP) is 9.17. The van der Waals surface area contributed by atoms with Gasteiger partial charge in [-0.2, -0.15) is 9.98 Å². The molecule has 0 aliphatic carbocycles. The Labute approximate surface area is 286 Å². The van der Waals surface area contributed by atoms with Crippen LogP contribution in [0.2, 0.25) is 0 Å². The van der Waals surface area contributed by atoms with Crippen molar-refractivity contribution in [3.8, 4) is 0 Å². The molecule has 2 aromatic heterocycles. The van der Waals surface area contributed by atoms with Crippen LogP contribution in [0.5, 0.6) is 0 Å². The molecule has 4 aromatic rings. The maximum Gasteiger partial charge on any atom is 0.221 e. The van der Waals surface area contributed by atoms with E-state index in [1.807, 2.05) is 19.2 Å². The van der Waals surface area contributed by atoms with Crippen LogP contribution in [-0.4, -0.2) is 33.7 Å². The van der Waals surface area contributed by atoms with E-state index in [-0.39, 0.29) is 23.4 Å². The zero-order valence-electron chi connectivity index (χ0n) is 26.0. The Morgan fingerprint density at radius 2 is 1.24 bits per heavy atom. The smallest absolute Gasteiger partial charge is 0.221 e. The second-order valence-electron chi connectivity index (χ2n) is 9.96. The highest BCUT2D eigenvalue weighted by Gasteiger charge is 2.22. The summed E-state index contributed by atoms with van der Waals surface area (Å²) in [7, 11) is 0. The van der Waals surface area contributed by atoms with Gasteiger partial charge in [-0.15, -0.1) is 22.7 Å². The molecular weight excluding hydrogens is 657 g/mol. The van der Waals surface area contributed by atoms with Crippen LogP contribution in [0.3, 0.4) is 0 Å². The van der Waals surface area contributed by atoms with E-state index in [2.05, 4.69) is 62.3 Å². The number of thiocarbonyl (C=S) groups is 2. The molecule has 46 heavy (non-hydrogen) atoms. The number of benzene rings is 2. The van der Waals surface area contributed by atoms with Gasteiger partial charge in [0, 0.05) is 41.2 Å². The largest absolute Gasteiger partial charge is 0.326 e. The second-order valence-corrected chi connectivity index (χ2v) is 12.3. The molecule has 0 unspecified atom stereocenters. The van der Waals surface area contributed by atoms with Crippen LogP contribution in [0.1, 0.15) is 82.0 Å². The summed E-state index contributed by atoms with van der Waals surface area (Å²) in [5, 5.41) is 13.2. The Morgan fingerprint density at radius 3 is 1.67 bits per heavy atom. The van der Waals surface area contributed by atoms with Crippen molar-refractivity contribution in [3.05, 3.63) is 92.2 Å². The Kier molecular flexibility index (Phi) is 13.7. The van der Waals surface area contributed by atoms with Crippen molar-refractivity contribution in [2.24, 2.45) is 9.98 Å². The number of carbonyl (C=O) groups is 4. The number of aryl methyl sites for hydroxylation is 2. The van der Waals surface area contributed by atoms with Gasteiger partial charge in [0.1, 0.15) is 10.0 Å². The van der Waals surface area contributed by atoms with E-state index in [0.717, 1.165) is 35.3 Å². The van der Waals surface area contributed by atoms with E-state index in [9.17, 15) is 19.2 Å². The number of rotatable bonds is 11. The zero-order chi connectivity index (χ0) is 33.8. The molecule has 4 rings (SSSR count). The average molecular weight is 689 g/mol. The molecule has 0 radical (unpaired) electrons. The fourth-order valence-electron chi connectivity index (χ4n) is 4.58. The highest BCUT2D eigenvalue weighted by atomic mass is 32.1. The average Bonchev–Trinajstić information content (AvgIpc) is 3.56. The van der Waals surface area contributed by atoms with Crippen molar-refractivity contribution in [1.82, 2.24) is 0 Å². The first kappa shape index (κ1) is 36.2. The van der Waals surface area contributed by atoms with Gasteiger partial charge in [-0.25, -0.2) is 0 Å². The summed E-state index contributed by atoms with van der Waals surface area (Å²) >= 11 is 12.2. The molecule has 0 saturated heterocycles. The normalized spacial score (nSPS) is 10.0. The molecule has 2 aromatic carbocycles. The van der Waals surface area contributed by atoms with Gasteiger partial charge in [-0.3, -0.25) is 19.2 Å². The number of nitrogens with zero attached hydrogens (tertiary/aromatic N) is 2. The zero-order valence-corrected chi connectivity index (χ0v) is 29.2. The van der Waals surface area contributed by atoms with Gasteiger partial charge in [-0.05, 0) is 109 Å². The molecule has 0 aliphatic rings. The molecule has 2 N–H and O–H groups in total. The summed E-state index contributed by atoms with van der Waals surface area (Å²) in [6.45, 7) is 8.92. The van der Waals surface area contributed by atoms with Crippen molar-refractivity contribution in [2.45, 2.75) is 53.9 Å². The van der Waals surface area contributed by atoms with Crippen LogP contribution in [0.15, 0.2) is 63.9 Å². The fourth-order valence-corrected chi connectivity index (χ4v) is 6.88. The lowest BCUT2D eigenvalue weighted by molar-refractivity contribution is -0.115. The van der Waals surface area contributed by atoms with Gasteiger partial charge in [0.25, 0.3) is 0 Å². The third kappa shape index (κ3) is 9.37. The maximum absolute atomic E-state index is 12.8. The van der Waals surface area contributed by atoms with Gasteiger partial charge in [0.05, 0.1) is 21.4 Å². The lowest BCUT2D eigenvalue weighted by Crippen LogP contribution is -2.07. The topological polar surface area (TPSA) is 117 Å². The lowest BCUT2D eigenvalue weighted by Gasteiger charge is -2.06. The van der Waals surface area contributed by atoms with Gasteiger partial charge < -0.3 is 10.6 Å². The SMILES string of the molecule is CCCc1csc(N=C=S)c1C(=O)c1ccc(NC(C)=O)cc1.CCc1sc(N=C=S)c(C(=O)c2ccc(NC(C)=O)cc2)c1C. The monoisotopic (exact) mass is 688 g/mol. The van der Waals surface area contributed by atoms with E-state index in [1.54, 1.807) is 48.5 Å². The molecule has 0 saturated carbocycles. The number of carbonyl (C=O) groups excluding carboxylic acids is 4. The third-order valence-electron chi connectivity index (χ3n) is 6.60. The molecule has 0 spiro atoms. The van der Waals surface area contributed by atoms with Crippen molar-refractivity contribution in [3.63, 3.8) is 0 Å². The lowest BCUT2D eigenvalue weighted by atomic mass is 9.99. The molecule has 0 atom stereocenters. The number of nitrogens with one attached hydrogen (secondary N) is 2. The molecule has 2 heterocycles. The molecule has 2 amide bonds. The van der Waals surface area contributed by atoms with Crippen molar-refractivity contribution < 1.29 is 19.2 Å². The second kappa shape index (κ2) is 17.4. The van der Waals surface area contributed by atoms with Gasteiger partial charge in [0.2, 0.25) is 11.8 Å². The van der Waals surface area contributed by atoms with Crippen LogP contribution in [-0.2, 0) is 22.4 Å². The molecule has 0 aliphatic heterocycles. The summed E-state index contributed by atoms with van der Waals surface area (Å²) in [5.74, 6) is -0.488. The Hall–Kier alpha value is -4.28. The summed E-state index contributed by atoms with van der Waals surface area (Å²) in [6, 6.07) is 13.6. The number of anilines is 2. The molecular formula is C34H32N4O4S4. The predicted molar refractivity (Wildman–Crippen MR) is 194 cm³/mol. The van der Waals surface area contributed by atoms with Gasteiger partial charge in [-0.1, -0.05) is 20.3 Å². The van der Waals surface area contributed by atoms with E-state index in [0.29, 0.717) is 43.6 Å². The Morgan fingerprint density at radius 1 is 0.761 bits per heavy atom. The number of amides is 2. The fraction of sp³-hybridized carbons (Fsp3) is 0.235. The first-order valence-electron chi connectivity index (χ1n) is 14.3. The maximum atomic E-state index is 12.8. The van der Waals surface area contributed by atoms with Crippen LogP contribution >= 0.6 is 47.1 Å². The minimum Gasteiger partial charge on any atom is -0.326 e. The van der Waals surface area contributed by atoms with Gasteiger partial charge in [0.15, 0.2) is 11.6 Å². The van der Waals surface area contributed by atoms with E-state index in [1.165, 1.54) is 36.5 Å². The number of thiophene rings is 2. The number of aliphatic imine (C=N–C) groups is 2. The highest BCUT2D eigenvalue weighted by Crippen LogP contribution is 2.37. The summed E-state index contributed by atoms with van der Waals surface area (Å²) in [4.78, 5) is 56.9. The van der Waals surface area contributed by atoms with Crippen molar-refractivity contribution >= 4 is 102 Å². The molecule has 0 fully saturated rings. The number of hydrogen-bond donors (Lipinski definition) is 2. The minimum absolute atomic E-state index is 0.0897. The minimum atomic E-state index is -0.150. The van der Waals surface area contributed by atoms with Gasteiger partial charge >= 0.3 is 0 Å². The van der Waals surface area contributed by atoms with E-state index in [4.69, 9.17) is 0 Å². The summed E-state index contributed by atoms with van der Waals surface area (Å²) < 4.78 is 0. The first-order chi connectivity index (χ1) is 22.0. The highest BCUT2D eigenvalue weighted by molar-refractivity contribution is 7.78. The molecule has 236 valence electrons. The number of isothiocyanates is 2.